The van der Waals surface area contributed by atoms with Crippen LogP contribution in [0.5, 0.6) is 5.88 Å². The van der Waals surface area contributed by atoms with Crippen LogP contribution in [0.2, 0.25) is 0 Å². The molecule has 0 aliphatic carbocycles. The predicted molar refractivity (Wildman–Crippen MR) is 151 cm³/mol. The first-order valence-electron chi connectivity index (χ1n) is 13.1. The number of carboxylic acid groups (broad SMARTS) is 1. The van der Waals surface area contributed by atoms with Crippen molar-refractivity contribution < 1.29 is 28.2 Å². The van der Waals surface area contributed by atoms with Crippen molar-refractivity contribution in [3.63, 3.8) is 0 Å². The van der Waals surface area contributed by atoms with Crippen LogP contribution in [0.1, 0.15) is 38.4 Å². The fourth-order valence-electron chi connectivity index (χ4n) is 4.63. The van der Waals surface area contributed by atoms with Crippen LogP contribution in [0.3, 0.4) is 0 Å². The molecule has 0 saturated carbocycles. The van der Waals surface area contributed by atoms with Gasteiger partial charge in [-0.25, -0.2) is 23.5 Å². The summed E-state index contributed by atoms with van der Waals surface area (Å²) < 4.78 is 42.6. The molecular weight excluding hydrogens is 528 g/mol. The van der Waals surface area contributed by atoms with E-state index in [-0.39, 0.29) is 24.4 Å². The van der Waals surface area contributed by atoms with Gasteiger partial charge in [0.05, 0.1) is 28.9 Å². The average molecular weight is 558 g/mol. The summed E-state index contributed by atoms with van der Waals surface area (Å²) in [6.45, 7) is 4.51. The molecule has 0 aliphatic heterocycles. The third kappa shape index (κ3) is 6.10. The minimum atomic E-state index is -1.03. The zero-order valence-corrected chi connectivity index (χ0v) is 22.9. The quantitative estimate of drug-likeness (QED) is 0.211. The number of aryl methyl sites for hydroxylation is 2. The maximum Gasteiger partial charge on any atom is 0.335 e. The molecule has 0 saturated heterocycles. The number of hydrogen-bond acceptors (Lipinski definition) is 5. The molecule has 0 unspecified atom stereocenters. The number of halogens is 2. The van der Waals surface area contributed by atoms with Gasteiger partial charge in [0, 0.05) is 36.8 Å². The number of rotatable bonds is 10. The van der Waals surface area contributed by atoms with Crippen molar-refractivity contribution in [1.82, 2.24) is 14.5 Å². The van der Waals surface area contributed by atoms with E-state index >= 15 is 4.39 Å². The number of benzene rings is 3. The minimum Gasteiger partial charge on any atom is -0.478 e. The molecule has 0 amide bonds. The van der Waals surface area contributed by atoms with E-state index in [0.29, 0.717) is 58.3 Å². The molecule has 0 atom stereocenters. The van der Waals surface area contributed by atoms with Gasteiger partial charge in [-0.05, 0) is 61.4 Å². The van der Waals surface area contributed by atoms with Crippen molar-refractivity contribution >= 4 is 17.0 Å². The van der Waals surface area contributed by atoms with Crippen LogP contribution in [0.25, 0.3) is 22.3 Å². The monoisotopic (exact) mass is 557 g/mol. The van der Waals surface area contributed by atoms with Crippen LogP contribution in [0, 0.1) is 25.5 Å². The molecule has 1 N–H and O–H groups in total. The van der Waals surface area contributed by atoms with Crippen molar-refractivity contribution in [2.24, 2.45) is 0 Å². The number of nitrogens with zero attached hydrogens (tertiary/aromatic N) is 3. The van der Waals surface area contributed by atoms with Gasteiger partial charge in [-0.3, -0.25) is 0 Å². The second-order valence-electron chi connectivity index (χ2n) is 9.87. The fourth-order valence-corrected chi connectivity index (χ4v) is 4.63. The van der Waals surface area contributed by atoms with Gasteiger partial charge in [-0.15, -0.1) is 0 Å². The molecule has 5 aromatic rings. The molecule has 7 nitrogen and oxygen atoms in total. The number of carbonyl (C=O) groups is 1. The maximum atomic E-state index is 15.4. The number of imidazole rings is 1. The lowest BCUT2D eigenvalue weighted by molar-refractivity contribution is 0.0697. The second-order valence-corrected chi connectivity index (χ2v) is 9.87. The molecule has 0 fully saturated rings. The van der Waals surface area contributed by atoms with Crippen LogP contribution < -0.4 is 4.74 Å². The lowest BCUT2D eigenvalue weighted by atomic mass is 10.0. The second kappa shape index (κ2) is 11.9. The van der Waals surface area contributed by atoms with Gasteiger partial charge in [0.2, 0.25) is 5.88 Å². The molecule has 2 heterocycles. The van der Waals surface area contributed by atoms with E-state index in [4.69, 9.17) is 9.47 Å². The minimum absolute atomic E-state index is 0.0226. The Bertz CT molecular complexity index is 1750. The number of carboxylic acids is 1. The highest BCUT2D eigenvalue weighted by Crippen LogP contribution is 2.27. The van der Waals surface area contributed by atoms with Crippen molar-refractivity contribution in [3.05, 3.63) is 112 Å². The topological polar surface area (TPSA) is 86.5 Å². The van der Waals surface area contributed by atoms with Crippen molar-refractivity contribution in [3.8, 4) is 17.1 Å². The highest BCUT2D eigenvalue weighted by Gasteiger charge is 2.17. The highest BCUT2D eigenvalue weighted by atomic mass is 19.1. The van der Waals surface area contributed by atoms with Crippen LogP contribution in [-0.4, -0.2) is 39.3 Å². The summed E-state index contributed by atoms with van der Waals surface area (Å²) in [7, 11) is 1.58. The Morgan fingerprint density at radius 1 is 0.927 bits per heavy atom. The van der Waals surface area contributed by atoms with Gasteiger partial charge < -0.3 is 19.1 Å². The molecule has 0 radical (unpaired) electrons. The summed E-state index contributed by atoms with van der Waals surface area (Å²) in [5.74, 6) is -0.853. The molecule has 210 valence electrons. The third-order valence-electron chi connectivity index (χ3n) is 6.91. The van der Waals surface area contributed by atoms with E-state index in [0.717, 1.165) is 11.1 Å². The number of hydrogen-bond donors (Lipinski definition) is 1. The molecular formula is C32H29F2N3O4. The standard InChI is InChI=1S/C32H29F2N3O4/c1-19-4-6-24(25(33)14-19)18-41-31-20(2)5-10-27(36-31)22-8-7-21(26(34)15-22)17-30-35-28-11-9-23(32(38)39)16-29(28)37(30)12-13-40-3/h4-11,14-16H,12-13,17-18H2,1-3H3,(H,38,39). The number of aromatic carboxylic acids is 1. The number of pyridine rings is 1. The molecule has 0 aliphatic rings. The highest BCUT2D eigenvalue weighted by molar-refractivity contribution is 5.92. The molecule has 41 heavy (non-hydrogen) atoms. The van der Waals surface area contributed by atoms with Gasteiger partial charge in [0.1, 0.15) is 24.1 Å². The SMILES string of the molecule is COCCn1c(Cc2ccc(-c3ccc(C)c(OCc4ccc(C)cc4F)n3)cc2F)nc2ccc(C(=O)O)cc21. The molecule has 3 aromatic carbocycles. The first-order chi connectivity index (χ1) is 19.7. The first kappa shape index (κ1) is 27.9. The maximum absolute atomic E-state index is 15.4. The number of ether oxygens (including phenoxy) is 2. The Morgan fingerprint density at radius 3 is 2.44 bits per heavy atom. The Hall–Kier alpha value is -4.63. The van der Waals surface area contributed by atoms with Crippen LogP contribution in [0.4, 0.5) is 8.78 Å². The Labute approximate surface area is 236 Å². The molecule has 0 bridgehead atoms. The zero-order chi connectivity index (χ0) is 29.1. The van der Waals surface area contributed by atoms with Crippen LogP contribution in [0.15, 0.2) is 66.7 Å². The number of methoxy groups -OCH3 is 1. The van der Waals surface area contributed by atoms with Gasteiger partial charge in [0.15, 0.2) is 0 Å². The van der Waals surface area contributed by atoms with E-state index in [2.05, 4.69) is 9.97 Å². The molecule has 0 spiro atoms. The fraction of sp³-hybridized carbons (Fsp3) is 0.219. The van der Waals surface area contributed by atoms with Gasteiger partial charge >= 0.3 is 5.97 Å². The summed E-state index contributed by atoms with van der Waals surface area (Å²) in [4.78, 5) is 20.7. The van der Waals surface area contributed by atoms with E-state index in [1.165, 1.54) is 18.2 Å². The van der Waals surface area contributed by atoms with Crippen LogP contribution in [-0.2, 0) is 24.3 Å². The molecule has 5 rings (SSSR count). The van der Waals surface area contributed by atoms with E-state index in [9.17, 15) is 14.3 Å². The predicted octanol–water partition coefficient (Wildman–Crippen LogP) is 6.51. The lowest BCUT2D eigenvalue weighted by Crippen LogP contribution is -2.10. The van der Waals surface area contributed by atoms with Crippen molar-refractivity contribution in [2.45, 2.75) is 33.4 Å². The summed E-state index contributed by atoms with van der Waals surface area (Å²) >= 11 is 0. The summed E-state index contributed by atoms with van der Waals surface area (Å²) in [6.07, 6.45) is 0.199. The Morgan fingerprint density at radius 2 is 1.71 bits per heavy atom. The normalized spacial score (nSPS) is 11.2. The Kier molecular flexibility index (Phi) is 8.07. The Balaban J connectivity index is 1.40. The third-order valence-corrected chi connectivity index (χ3v) is 6.91. The average Bonchev–Trinajstić information content (AvgIpc) is 3.29. The lowest BCUT2D eigenvalue weighted by Gasteiger charge is -2.12. The van der Waals surface area contributed by atoms with Crippen molar-refractivity contribution in [2.75, 3.05) is 13.7 Å². The van der Waals surface area contributed by atoms with Crippen LogP contribution >= 0.6 is 0 Å². The summed E-state index contributed by atoms with van der Waals surface area (Å²) in [6, 6.07) is 18.2. The first-order valence-corrected chi connectivity index (χ1v) is 13.1. The molecule has 2 aromatic heterocycles. The number of aromatic nitrogens is 3. The largest absolute Gasteiger partial charge is 0.478 e. The summed E-state index contributed by atoms with van der Waals surface area (Å²) in [5.41, 5.74) is 4.97. The van der Waals surface area contributed by atoms with Gasteiger partial charge in [0.25, 0.3) is 0 Å². The number of fused-ring (bicyclic) bond motifs is 1. The van der Waals surface area contributed by atoms with Gasteiger partial charge in [-0.1, -0.05) is 30.3 Å². The molecule has 9 heteroatoms. The van der Waals surface area contributed by atoms with Gasteiger partial charge in [-0.2, -0.15) is 0 Å². The van der Waals surface area contributed by atoms with Crippen molar-refractivity contribution in [1.29, 1.82) is 0 Å². The summed E-state index contributed by atoms with van der Waals surface area (Å²) in [5, 5.41) is 9.41. The van der Waals surface area contributed by atoms with E-state index in [1.807, 2.05) is 30.5 Å². The zero-order valence-electron chi connectivity index (χ0n) is 22.9. The van der Waals surface area contributed by atoms with E-state index in [1.54, 1.807) is 43.5 Å². The van der Waals surface area contributed by atoms with E-state index < -0.39 is 11.8 Å². The smallest absolute Gasteiger partial charge is 0.335 e.